The maximum absolute atomic E-state index is 12.6. The largest absolute Gasteiger partial charge is 0.490 e. The van der Waals surface area contributed by atoms with Crippen molar-refractivity contribution in [2.24, 2.45) is 0 Å². The quantitative estimate of drug-likeness (QED) is 0.191. The number of carbonyl (C=O) groups excluding carboxylic acids is 1. The first-order valence-corrected chi connectivity index (χ1v) is 10.5. The molecule has 3 rings (SSSR count). The molecule has 10 nitrogen and oxygen atoms in total. The number of rotatable bonds is 7. The monoisotopic (exact) mass is 564 g/mol. The Labute approximate surface area is 200 Å². The van der Waals surface area contributed by atoms with Gasteiger partial charge in [0.25, 0.3) is 5.56 Å². The minimum Gasteiger partial charge on any atom is -0.490 e. The molecule has 0 atom stereocenters. The third-order valence-corrected chi connectivity index (χ3v) is 5.28. The van der Waals surface area contributed by atoms with Crippen LogP contribution in [0.1, 0.15) is 38.0 Å². The second-order valence-electron chi connectivity index (χ2n) is 6.58. The van der Waals surface area contributed by atoms with Crippen LogP contribution in [0.3, 0.4) is 0 Å². The second-order valence-corrected chi connectivity index (χ2v) is 7.74. The molecule has 0 bridgehead atoms. The zero-order valence-corrected chi connectivity index (χ0v) is 19.2. The van der Waals surface area contributed by atoms with Crippen molar-refractivity contribution in [3.05, 3.63) is 73.1 Å². The third-order valence-electron chi connectivity index (χ3n) is 4.47. The van der Waals surface area contributed by atoms with Crippen molar-refractivity contribution in [2.45, 2.75) is 6.92 Å². The van der Waals surface area contributed by atoms with Crippen molar-refractivity contribution in [2.75, 3.05) is 12.3 Å². The van der Waals surface area contributed by atoms with Gasteiger partial charge in [0.15, 0.2) is 11.5 Å². The van der Waals surface area contributed by atoms with Gasteiger partial charge in [-0.2, -0.15) is 0 Å². The van der Waals surface area contributed by atoms with E-state index in [2.05, 4.69) is 0 Å². The van der Waals surface area contributed by atoms with Crippen LogP contribution in [-0.4, -0.2) is 39.7 Å². The van der Waals surface area contributed by atoms with Gasteiger partial charge < -0.3 is 30.4 Å². The van der Waals surface area contributed by atoms with Gasteiger partial charge in [-0.25, -0.2) is 14.4 Å². The van der Waals surface area contributed by atoms with Crippen molar-refractivity contribution in [3.8, 4) is 22.6 Å². The number of esters is 1. The Kier molecular flexibility index (Phi) is 7.01. The van der Waals surface area contributed by atoms with Gasteiger partial charge in [-0.15, -0.1) is 0 Å². The highest BCUT2D eigenvalue weighted by Crippen LogP contribution is 2.40. The molecule has 0 amide bonds. The molecular weight excluding hydrogens is 547 g/mol. The van der Waals surface area contributed by atoms with Gasteiger partial charge in [-0.3, -0.25) is 4.79 Å². The van der Waals surface area contributed by atoms with Crippen LogP contribution in [0.4, 0.5) is 5.82 Å². The lowest BCUT2D eigenvalue weighted by molar-refractivity contribution is 0.0693. The van der Waals surface area contributed by atoms with E-state index in [0.29, 0.717) is 9.13 Å². The summed E-state index contributed by atoms with van der Waals surface area (Å²) in [5, 5.41) is 19.2. The molecule has 0 saturated heterocycles. The van der Waals surface area contributed by atoms with Crippen molar-refractivity contribution in [1.82, 2.24) is 4.98 Å². The minimum atomic E-state index is -1.64. The molecule has 0 aliphatic rings. The first-order chi connectivity index (χ1) is 15.6. The normalized spacial score (nSPS) is 10.5. The van der Waals surface area contributed by atoms with E-state index < -0.39 is 46.0 Å². The number of hydrogen-bond acceptors (Lipinski definition) is 7. The number of aromatic amines is 1. The molecule has 33 heavy (non-hydrogen) atoms. The Hall–Kier alpha value is -3.87. The van der Waals surface area contributed by atoms with Crippen LogP contribution < -0.4 is 20.8 Å². The number of benzene rings is 2. The zero-order valence-electron chi connectivity index (χ0n) is 17.0. The smallest absolute Gasteiger partial charge is 0.343 e. The lowest BCUT2D eigenvalue weighted by atomic mass is 9.95. The van der Waals surface area contributed by atoms with Crippen LogP contribution in [0.15, 0.2) is 47.3 Å². The highest BCUT2D eigenvalue weighted by atomic mass is 127. The zero-order chi connectivity index (χ0) is 24.3. The molecule has 0 saturated carbocycles. The SMILES string of the molecule is CCOc1cc(-c2c(C(=O)O)c(N)[nH]c(=O)c2C(=O)O)cc(I)c1OC(=O)c1ccccc1. The molecule has 1 heterocycles. The summed E-state index contributed by atoms with van der Waals surface area (Å²) in [5.74, 6) is -4.22. The highest BCUT2D eigenvalue weighted by molar-refractivity contribution is 14.1. The molecule has 170 valence electrons. The van der Waals surface area contributed by atoms with Crippen molar-refractivity contribution in [1.29, 1.82) is 0 Å². The van der Waals surface area contributed by atoms with Gasteiger partial charge in [-0.1, -0.05) is 18.2 Å². The summed E-state index contributed by atoms with van der Waals surface area (Å²) in [6.07, 6.45) is 0. The Balaban J connectivity index is 2.25. The Morgan fingerprint density at radius 3 is 2.27 bits per heavy atom. The predicted octanol–water partition coefficient (Wildman–Crippen LogP) is 3.24. The summed E-state index contributed by atoms with van der Waals surface area (Å²) in [6.45, 7) is 1.84. The average molecular weight is 564 g/mol. The molecule has 0 spiro atoms. The van der Waals surface area contributed by atoms with Crippen LogP contribution in [0.2, 0.25) is 0 Å². The van der Waals surface area contributed by atoms with Gasteiger partial charge >= 0.3 is 17.9 Å². The number of ether oxygens (including phenoxy) is 2. The minimum absolute atomic E-state index is 0.0370. The number of anilines is 1. The number of carbonyl (C=O) groups is 3. The number of hydrogen-bond donors (Lipinski definition) is 4. The lowest BCUT2D eigenvalue weighted by Crippen LogP contribution is -2.24. The number of nitrogens with two attached hydrogens (primary N) is 1. The van der Waals surface area contributed by atoms with Crippen molar-refractivity contribution < 1.29 is 34.1 Å². The molecule has 0 aliphatic heterocycles. The number of H-pyrrole nitrogens is 1. The predicted molar refractivity (Wildman–Crippen MR) is 126 cm³/mol. The second kappa shape index (κ2) is 9.73. The number of halogens is 1. The van der Waals surface area contributed by atoms with Gasteiger partial charge in [0, 0.05) is 5.56 Å². The van der Waals surface area contributed by atoms with E-state index in [1.54, 1.807) is 37.3 Å². The first kappa shape index (κ1) is 23.8. The number of carboxylic acids is 2. The Morgan fingerprint density at radius 1 is 1.06 bits per heavy atom. The number of aromatic carboxylic acids is 2. The first-order valence-electron chi connectivity index (χ1n) is 9.41. The molecule has 3 aromatic rings. The molecule has 11 heteroatoms. The maximum Gasteiger partial charge on any atom is 0.343 e. The third kappa shape index (κ3) is 4.82. The molecule has 0 unspecified atom stereocenters. The van der Waals surface area contributed by atoms with Crippen LogP contribution in [0.5, 0.6) is 11.5 Å². The summed E-state index contributed by atoms with van der Waals surface area (Å²) in [6, 6.07) is 10.9. The molecule has 5 N–H and O–H groups in total. The van der Waals surface area contributed by atoms with Gasteiger partial charge in [0.2, 0.25) is 0 Å². The van der Waals surface area contributed by atoms with Crippen molar-refractivity contribution >= 4 is 46.3 Å². The van der Waals surface area contributed by atoms with E-state index in [9.17, 15) is 29.4 Å². The summed E-state index contributed by atoms with van der Waals surface area (Å²) >= 11 is 1.84. The van der Waals surface area contributed by atoms with E-state index >= 15 is 0 Å². The fourth-order valence-electron chi connectivity index (χ4n) is 3.14. The molecule has 2 aromatic carbocycles. The summed E-state index contributed by atoms with van der Waals surface area (Å²) in [7, 11) is 0. The molecule has 0 aliphatic carbocycles. The van der Waals surface area contributed by atoms with E-state index in [0.717, 1.165) is 0 Å². The highest BCUT2D eigenvalue weighted by Gasteiger charge is 2.28. The number of nitrogens with one attached hydrogen (secondary N) is 1. The van der Waals surface area contributed by atoms with E-state index in [4.69, 9.17) is 15.2 Å². The maximum atomic E-state index is 12.6. The molecular formula is C22H17IN2O8. The van der Waals surface area contributed by atoms with Crippen LogP contribution in [0, 0.1) is 3.57 Å². The van der Waals surface area contributed by atoms with E-state index in [1.165, 1.54) is 12.1 Å². The van der Waals surface area contributed by atoms with Gasteiger partial charge in [-0.05, 0) is 59.3 Å². The van der Waals surface area contributed by atoms with E-state index in [-0.39, 0.29) is 23.7 Å². The summed E-state index contributed by atoms with van der Waals surface area (Å²) < 4.78 is 11.4. The fraction of sp³-hybridized carbons (Fsp3) is 0.0909. The summed E-state index contributed by atoms with van der Waals surface area (Å²) in [4.78, 5) is 50.6. The van der Waals surface area contributed by atoms with E-state index in [1.807, 2.05) is 27.6 Å². The number of nitrogen functional groups attached to an aromatic ring is 1. The van der Waals surface area contributed by atoms with Crippen molar-refractivity contribution in [3.63, 3.8) is 0 Å². The van der Waals surface area contributed by atoms with Gasteiger partial charge in [0.1, 0.15) is 16.9 Å². The number of aromatic nitrogens is 1. The van der Waals surface area contributed by atoms with Gasteiger partial charge in [0.05, 0.1) is 15.7 Å². The molecule has 0 radical (unpaired) electrons. The fourth-order valence-corrected chi connectivity index (χ4v) is 3.85. The molecule has 0 fully saturated rings. The Bertz CT molecular complexity index is 1320. The molecule has 1 aromatic heterocycles. The lowest BCUT2D eigenvalue weighted by Gasteiger charge is -2.17. The Morgan fingerprint density at radius 2 is 1.70 bits per heavy atom. The average Bonchev–Trinajstić information content (AvgIpc) is 2.75. The van der Waals surface area contributed by atoms with Crippen LogP contribution in [-0.2, 0) is 0 Å². The van der Waals surface area contributed by atoms with Crippen LogP contribution in [0.25, 0.3) is 11.1 Å². The summed E-state index contributed by atoms with van der Waals surface area (Å²) in [5.41, 5.74) is 3.19. The van der Waals surface area contributed by atoms with Crippen LogP contribution >= 0.6 is 22.6 Å². The topological polar surface area (TPSA) is 169 Å². The number of carboxylic acid groups (broad SMARTS) is 2. The standard InChI is InChI=1S/C22H17IN2O8/c1-2-32-13-9-11(8-12(23)17(13)33-22(31)10-6-4-3-5-7-10)14-15(20(27)28)18(24)25-19(26)16(14)21(29)30/h3-9H,2H2,1H3,(H,27,28)(H,29,30)(H3,24,25,26). The number of pyridine rings is 1.